The van der Waals surface area contributed by atoms with Gasteiger partial charge in [-0.15, -0.1) is 11.3 Å². The maximum Gasteiger partial charge on any atom is 0.0468 e. The van der Waals surface area contributed by atoms with Crippen LogP contribution in [0.3, 0.4) is 0 Å². The smallest absolute Gasteiger partial charge is 0.0468 e. The first-order valence-corrected chi connectivity index (χ1v) is 13.0. The lowest BCUT2D eigenvalue weighted by Crippen LogP contribution is -2.15. The van der Waals surface area contributed by atoms with E-state index in [9.17, 15) is 0 Å². The molecule has 5 aromatic rings. The molecule has 1 nitrogen and oxygen atoms in total. The molecule has 0 fully saturated rings. The molecule has 0 atom stereocenters. The summed E-state index contributed by atoms with van der Waals surface area (Å²) in [4.78, 5) is 2.35. The zero-order valence-electron chi connectivity index (χ0n) is 20.7. The number of benzene rings is 4. The van der Waals surface area contributed by atoms with Crippen LogP contribution in [0.1, 0.15) is 13.8 Å². The summed E-state index contributed by atoms with van der Waals surface area (Å²) in [7, 11) is 0. The highest BCUT2D eigenvalue weighted by molar-refractivity contribution is 7.25. The molecule has 0 amide bonds. The SMILES string of the molecule is C=C/C=C(\C=C/C)/C=C(\C=C/C)N(c1ccc2ccccc2c1)c1ccc2sc3ccccc3c2c1. The van der Waals surface area contributed by atoms with Gasteiger partial charge in [-0.2, -0.15) is 0 Å². The minimum absolute atomic E-state index is 1.08. The van der Waals surface area contributed by atoms with E-state index in [1.165, 1.54) is 30.9 Å². The van der Waals surface area contributed by atoms with Crippen molar-refractivity contribution in [2.45, 2.75) is 13.8 Å². The van der Waals surface area contributed by atoms with Crippen LogP contribution in [0.2, 0.25) is 0 Å². The van der Waals surface area contributed by atoms with Gasteiger partial charge in [-0.05, 0) is 78.7 Å². The van der Waals surface area contributed by atoms with Crippen molar-refractivity contribution in [3.8, 4) is 0 Å². The van der Waals surface area contributed by atoms with Crippen molar-refractivity contribution in [3.63, 3.8) is 0 Å². The van der Waals surface area contributed by atoms with E-state index in [2.05, 4.69) is 134 Å². The summed E-state index contributed by atoms with van der Waals surface area (Å²) in [5.74, 6) is 0. The largest absolute Gasteiger partial charge is 0.310 e. The molecule has 176 valence electrons. The molecule has 5 rings (SSSR count). The van der Waals surface area contributed by atoms with E-state index in [0.29, 0.717) is 0 Å². The number of nitrogens with zero attached hydrogens (tertiary/aromatic N) is 1. The fourth-order valence-corrected chi connectivity index (χ4v) is 5.71. The Hall–Kier alpha value is -4.14. The summed E-state index contributed by atoms with van der Waals surface area (Å²) in [5.41, 5.74) is 4.42. The Morgan fingerprint density at radius 1 is 0.722 bits per heavy atom. The molecule has 0 saturated carbocycles. The molecule has 1 heterocycles. The van der Waals surface area contributed by atoms with Gasteiger partial charge in [-0.25, -0.2) is 0 Å². The lowest BCUT2D eigenvalue weighted by molar-refractivity contribution is 1.21. The molecule has 0 spiro atoms. The molecular formula is C34H29NS. The van der Waals surface area contributed by atoms with Crippen LogP contribution in [-0.4, -0.2) is 0 Å². The van der Waals surface area contributed by atoms with Crippen molar-refractivity contribution >= 4 is 53.7 Å². The fraction of sp³-hybridized carbons (Fsp3) is 0.0588. The van der Waals surface area contributed by atoms with Crippen molar-refractivity contribution in [3.05, 3.63) is 145 Å². The van der Waals surface area contributed by atoms with Crippen LogP contribution in [0.5, 0.6) is 0 Å². The second-order valence-electron chi connectivity index (χ2n) is 8.62. The van der Waals surface area contributed by atoms with E-state index >= 15 is 0 Å². The van der Waals surface area contributed by atoms with E-state index in [-0.39, 0.29) is 0 Å². The Balaban J connectivity index is 1.77. The summed E-state index contributed by atoms with van der Waals surface area (Å²) < 4.78 is 2.62. The van der Waals surface area contributed by atoms with Gasteiger partial charge in [0, 0.05) is 37.2 Å². The molecule has 0 aliphatic carbocycles. The Bertz CT molecular complexity index is 1680. The first-order chi connectivity index (χ1) is 17.7. The predicted octanol–water partition coefficient (Wildman–Crippen LogP) is 10.5. The van der Waals surface area contributed by atoms with Crippen molar-refractivity contribution < 1.29 is 0 Å². The number of hydrogen-bond donors (Lipinski definition) is 0. The lowest BCUT2D eigenvalue weighted by atomic mass is 10.1. The monoisotopic (exact) mass is 483 g/mol. The molecule has 1 aromatic heterocycles. The van der Waals surface area contributed by atoms with E-state index in [1.807, 2.05) is 30.4 Å². The van der Waals surface area contributed by atoms with Gasteiger partial charge in [0.25, 0.3) is 0 Å². The molecule has 2 heteroatoms. The molecule has 0 N–H and O–H groups in total. The highest BCUT2D eigenvalue weighted by Crippen LogP contribution is 2.39. The second-order valence-corrected chi connectivity index (χ2v) is 9.70. The first-order valence-electron chi connectivity index (χ1n) is 12.2. The molecule has 0 aliphatic heterocycles. The summed E-state index contributed by atoms with van der Waals surface area (Å²) in [5, 5.41) is 5.04. The predicted molar refractivity (Wildman–Crippen MR) is 161 cm³/mol. The minimum atomic E-state index is 1.08. The van der Waals surface area contributed by atoms with Gasteiger partial charge in [0.1, 0.15) is 0 Å². The number of rotatable bonds is 7. The van der Waals surface area contributed by atoms with Crippen molar-refractivity contribution in [1.82, 2.24) is 0 Å². The molecule has 0 radical (unpaired) electrons. The number of allylic oxidation sites excluding steroid dienone is 8. The molecule has 0 saturated heterocycles. The topological polar surface area (TPSA) is 3.24 Å². The zero-order chi connectivity index (χ0) is 24.9. The summed E-state index contributed by atoms with van der Waals surface area (Å²) >= 11 is 1.85. The molecule has 0 unspecified atom stereocenters. The Kier molecular flexibility index (Phi) is 6.97. The average Bonchev–Trinajstić information content (AvgIpc) is 3.27. The maximum atomic E-state index is 3.92. The van der Waals surface area contributed by atoms with E-state index in [4.69, 9.17) is 0 Å². The molecule has 4 aromatic carbocycles. The third kappa shape index (κ3) is 4.68. The average molecular weight is 484 g/mol. The molecule has 0 aliphatic rings. The molecular weight excluding hydrogens is 454 g/mol. The van der Waals surface area contributed by atoms with Gasteiger partial charge in [-0.1, -0.05) is 85.5 Å². The van der Waals surface area contributed by atoms with Crippen LogP contribution < -0.4 is 4.90 Å². The number of fused-ring (bicyclic) bond motifs is 4. The van der Waals surface area contributed by atoms with Gasteiger partial charge in [0.15, 0.2) is 0 Å². The highest BCUT2D eigenvalue weighted by Gasteiger charge is 2.16. The van der Waals surface area contributed by atoms with E-state index in [0.717, 1.165) is 22.6 Å². The van der Waals surface area contributed by atoms with Crippen LogP contribution in [0, 0.1) is 0 Å². The van der Waals surface area contributed by atoms with Crippen LogP contribution in [0.4, 0.5) is 11.4 Å². The fourth-order valence-electron chi connectivity index (χ4n) is 4.63. The van der Waals surface area contributed by atoms with Crippen LogP contribution in [0.15, 0.2) is 145 Å². The number of hydrogen-bond acceptors (Lipinski definition) is 2. The maximum absolute atomic E-state index is 3.92. The number of anilines is 2. The van der Waals surface area contributed by atoms with Gasteiger partial charge in [0.2, 0.25) is 0 Å². The number of thiophene rings is 1. The quantitative estimate of drug-likeness (QED) is 0.208. The summed E-state index contributed by atoms with van der Waals surface area (Å²) in [6.45, 7) is 8.02. The Morgan fingerprint density at radius 3 is 2.22 bits per heavy atom. The highest BCUT2D eigenvalue weighted by atomic mass is 32.1. The Morgan fingerprint density at radius 2 is 1.42 bits per heavy atom. The molecule has 36 heavy (non-hydrogen) atoms. The van der Waals surface area contributed by atoms with Gasteiger partial charge in [-0.3, -0.25) is 0 Å². The van der Waals surface area contributed by atoms with Gasteiger partial charge >= 0.3 is 0 Å². The Labute approximate surface area is 217 Å². The lowest BCUT2D eigenvalue weighted by Gasteiger charge is -2.27. The third-order valence-electron chi connectivity index (χ3n) is 6.19. The van der Waals surface area contributed by atoms with E-state index in [1.54, 1.807) is 0 Å². The van der Waals surface area contributed by atoms with Crippen molar-refractivity contribution in [1.29, 1.82) is 0 Å². The minimum Gasteiger partial charge on any atom is -0.310 e. The van der Waals surface area contributed by atoms with Crippen molar-refractivity contribution in [2.24, 2.45) is 0 Å². The van der Waals surface area contributed by atoms with Crippen LogP contribution in [0.25, 0.3) is 30.9 Å². The van der Waals surface area contributed by atoms with Gasteiger partial charge < -0.3 is 4.90 Å². The van der Waals surface area contributed by atoms with E-state index < -0.39 is 0 Å². The van der Waals surface area contributed by atoms with Crippen LogP contribution in [-0.2, 0) is 0 Å². The third-order valence-corrected chi connectivity index (χ3v) is 7.34. The van der Waals surface area contributed by atoms with Gasteiger partial charge in [0.05, 0.1) is 0 Å². The summed E-state index contributed by atoms with van der Waals surface area (Å²) in [6, 6.07) is 30.7. The summed E-state index contributed by atoms with van der Waals surface area (Å²) in [6.07, 6.45) is 14.5. The molecule has 0 bridgehead atoms. The normalized spacial score (nSPS) is 12.9. The van der Waals surface area contributed by atoms with Crippen LogP contribution >= 0.6 is 11.3 Å². The zero-order valence-corrected chi connectivity index (χ0v) is 21.5. The second kappa shape index (κ2) is 10.6. The van der Waals surface area contributed by atoms with Crippen molar-refractivity contribution in [2.75, 3.05) is 4.90 Å². The first kappa shape index (κ1) is 23.6. The standard InChI is InChI=1S/C34H29NS/c1-4-11-25(12-5-2)22-28(13-6-3)35(29-19-18-26-14-7-8-15-27(26)23-29)30-20-21-34-32(24-30)31-16-9-10-17-33(31)36-34/h4-24H,1H2,2-3H3/b12-5-,13-6-,25-11+,28-22+.